The monoisotopic (exact) mass is 361 g/mol. The van der Waals surface area contributed by atoms with Gasteiger partial charge in [0, 0.05) is 12.1 Å². The first kappa shape index (κ1) is 17.7. The fourth-order valence-corrected chi connectivity index (χ4v) is 1.97. The molecule has 1 aromatic rings. The number of rotatable bonds is 4. The first-order valence-corrected chi connectivity index (χ1v) is 7.21. The maximum atomic E-state index is 11.5. The smallest absolute Gasteiger partial charge is 0.407 e. The summed E-state index contributed by atoms with van der Waals surface area (Å²) in [6.07, 6.45) is -3.30. The summed E-state index contributed by atoms with van der Waals surface area (Å²) in [6, 6.07) is 4.72. The molecular formula is C14H20BrNO5. The number of para-hydroxylation sites is 1. The second-order valence-electron chi connectivity index (χ2n) is 5.57. The van der Waals surface area contributed by atoms with Crippen LogP contribution < -0.4 is 5.32 Å². The summed E-state index contributed by atoms with van der Waals surface area (Å²) in [5, 5.41) is 32.1. The van der Waals surface area contributed by atoms with Gasteiger partial charge in [-0.05, 0) is 42.8 Å². The lowest BCUT2D eigenvalue weighted by atomic mass is 10.0. The summed E-state index contributed by atoms with van der Waals surface area (Å²) in [5.41, 5.74) is -0.473. The zero-order chi connectivity index (χ0) is 16.2. The first-order valence-electron chi connectivity index (χ1n) is 6.42. The Morgan fingerprint density at radius 2 is 2.00 bits per heavy atom. The molecule has 0 aliphatic carbocycles. The molecule has 118 valence electrons. The van der Waals surface area contributed by atoms with Crippen LogP contribution in [0, 0.1) is 0 Å². The van der Waals surface area contributed by atoms with Crippen molar-refractivity contribution < 1.29 is 24.9 Å². The summed E-state index contributed by atoms with van der Waals surface area (Å²) < 4.78 is 5.43. The van der Waals surface area contributed by atoms with Crippen molar-refractivity contribution >= 4 is 22.0 Å². The molecule has 1 amide bonds. The van der Waals surface area contributed by atoms with Crippen molar-refractivity contribution in [2.45, 2.75) is 38.6 Å². The highest BCUT2D eigenvalue weighted by atomic mass is 79.9. The molecule has 0 heterocycles. The average Bonchev–Trinajstić information content (AvgIpc) is 2.36. The molecule has 1 rings (SSSR count). The van der Waals surface area contributed by atoms with Crippen molar-refractivity contribution in [2.24, 2.45) is 0 Å². The fourth-order valence-electron chi connectivity index (χ4n) is 1.59. The lowest BCUT2D eigenvalue weighted by molar-refractivity contribution is 0.0119. The lowest BCUT2D eigenvalue weighted by Crippen LogP contribution is -2.38. The summed E-state index contributed by atoms with van der Waals surface area (Å²) in [4.78, 5) is 11.5. The minimum absolute atomic E-state index is 0.152. The Hall–Kier alpha value is -1.31. The molecule has 0 aromatic heterocycles. The molecule has 4 N–H and O–H groups in total. The highest BCUT2D eigenvalue weighted by molar-refractivity contribution is 9.10. The highest BCUT2D eigenvalue weighted by Gasteiger charge is 2.24. The van der Waals surface area contributed by atoms with Gasteiger partial charge in [0.1, 0.15) is 23.6 Å². The number of carbonyl (C=O) groups excluding carboxylic acids is 1. The van der Waals surface area contributed by atoms with E-state index in [0.717, 1.165) is 0 Å². The molecule has 0 saturated heterocycles. The van der Waals surface area contributed by atoms with E-state index >= 15 is 0 Å². The van der Waals surface area contributed by atoms with Gasteiger partial charge >= 0.3 is 6.09 Å². The van der Waals surface area contributed by atoms with Crippen LogP contribution in [0.5, 0.6) is 5.75 Å². The summed E-state index contributed by atoms with van der Waals surface area (Å²) in [7, 11) is 0. The molecule has 7 heteroatoms. The standard InChI is InChI=1S/C14H20BrNO5/c1-14(2,3)21-13(20)16-7-10(17)12(19)8-5-4-6-9(15)11(8)18/h4-6,10,12,17-19H,7H2,1-3H3,(H,16,20). The number of aliphatic hydroxyl groups is 2. The van der Waals surface area contributed by atoms with Gasteiger partial charge in [0.25, 0.3) is 0 Å². The zero-order valence-corrected chi connectivity index (χ0v) is 13.7. The van der Waals surface area contributed by atoms with Gasteiger partial charge in [0.05, 0.1) is 4.47 Å². The number of phenolic OH excluding ortho intramolecular Hbond substituents is 1. The van der Waals surface area contributed by atoms with Crippen molar-refractivity contribution in [1.82, 2.24) is 5.32 Å². The number of nitrogens with one attached hydrogen (secondary N) is 1. The largest absolute Gasteiger partial charge is 0.506 e. The third kappa shape index (κ3) is 5.53. The van der Waals surface area contributed by atoms with Crippen LogP contribution in [0.3, 0.4) is 0 Å². The minimum atomic E-state index is -1.34. The van der Waals surface area contributed by atoms with Gasteiger partial charge in [-0.1, -0.05) is 12.1 Å². The Morgan fingerprint density at radius 3 is 2.57 bits per heavy atom. The number of hydrogen-bond donors (Lipinski definition) is 4. The third-order valence-electron chi connectivity index (χ3n) is 2.56. The molecule has 0 bridgehead atoms. The van der Waals surface area contributed by atoms with E-state index in [0.29, 0.717) is 4.47 Å². The number of phenols is 1. The van der Waals surface area contributed by atoms with E-state index in [-0.39, 0.29) is 17.9 Å². The Bertz CT molecular complexity index is 501. The summed E-state index contributed by atoms with van der Waals surface area (Å²) >= 11 is 3.13. The number of hydrogen-bond acceptors (Lipinski definition) is 5. The number of alkyl carbamates (subject to hydrolysis) is 1. The number of aliphatic hydroxyl groups excluding tert-OH is 2. The highest BCUT2D eigenvalue weighted by Crippen LogP contribution is 2.32. The lowest BCUT2D eigenvalue weighted by Gasteiger charge is -2.22. The van der Waals surface area contributed by atoms with E-state index in [9.17, 15) is 20.1 Å². The van der Waals surface area contributed by atoms with Crippen LogP contribution in [-0.4, -0.2) is 39.7 Å². The van der Waals surface area contributed by atoms with Crippen LogP contribution >= 0.6 is 15.9 Å². The fraction of sp³-hybridized carbons (Fsp3) is 0.500. The van der Waals surface area contributed by atoms with E-state index in [2.05, 4.69) is 21.2 Å². The van der Waals surface area contributed by atoms with Crippen LogP contribution in [-0.2, 0) is 4.74 Å². The average molecular weight is 362 g/mol. The van der Waals surface area contributed by atoms with E-state index < -0.39 is 23.9 Å². The Balaban J connectivity index is 2.61. The summed E-state index contributed by atoms with van der Waals surface area (Å²) in [6.45, 7) is 4.95. The van der Waals surface area contributed by atoms with E-state index in [1.165, 1.54) is 6.07 Å². The predicted molar refractivity (Wildman–Crippen MR) is 81.0 cm³/mol. The number of aromatic hydroxyl groups is 1. The van der Waals surface area contributed by atoms with Gasteiger partial charge in [-0.2, -0.15) is 0 Å². The molecule has 2 atom stereocenters. The third-order valence-corrected chi connectivity index (χ3v) is 3.20. The molecule has 1 aromatic carbocycles. The van der Waals surface area contributed by atoms with Crippen molar-refractivity contribution in [1.29, 1.82) is 0 Å². The van der Waals surface area contributed by atoms with Crippen LogP contribution in [0.25, 0.3) is 0 Å². The van der Waals surface area contributed by atoms with Crippen molar-refractivity contribution in [2.75, 3.05) is 6.54 Å². The topological polar surface area (TPSA) is 99.0 Å². The van der Waals surface area contributed by atoms with Crippen LogP contribution in [0.4, 0.5) is 4.79 Å². The van der Waals surface area contributed by atoms with Gasteiger partial charge in [-0.15, -0.1) is 0 Å². The second-order valence-corrected chi connectivity index (χ2v) is 6.43. The molecule has 6 nitrogen and oxygen atoms in total. The maximum absolute atomic E-state index is 11.5. The predicted octanol–water partition coefficient (Wildman–Crippen LogP) is 2.07. The Kier molecular flexibility index (Phi) is 6.00. The Morgan fingerprint density at radius 1 is 1.38 bits per heavy atom. The second kappa shape index (κ2) is 7.11. The molecule has 21 heavy (non-hydrogen) atoms. The van der Waals surface area contributed by atoms with Gasteiger partial charge in [-0.3, -0.25) is 0 Å². The first-order chi connectivity index (χ1) is 9.61. The van der Waals surface area contributed by atoms with Crippen LogP contribution in [0.1, 0.15) is 32.4 Å². The molecule has 0 radical (unpaired) electrons. The van der Waals surface area contributed by atoms with Crippen LogP contribution in [0.15, 0.2) is 22.7 Å². The number of amides is 1. The quantitative estimate of drug-likeness (QED) is 0.657. The molecular weight excluding hydrogens is 342 g/mol. The van der Waals surface area contributed by atoms with Crippen molar-refractivity contribution in [3.63, 3.8) is 0 Å². The van der Waals surface area contributed by atoms with Crippen LogP contribution in [0.2, 0.25) is 0 Å². The van der Waals surface area contributed by atoms with Gasteiger partial charge in [0.2, 0.25) is 0 Å². The van der Waals surface area contributed by atoms with E-state index in [1.54, 1.807) is 32.9 Å². The molecule has 0 spiro atoms. The maximum Gasteiger partial charge on any atom is 0.407 e. The number of benzene rings is 1. The Labute approximate surface area is 131 Å². The van der Waals surface area contributed by atoms with Gasteiger partial charge in [-0.25, -0.2) is 4.79 Å². The summed E-state index contributed by atoms with van der Waals surface area (Å²) in [5.74, 6) is -0.152. The number of halogens is 1. The number of ether oxygens (including phenoxy) is 1. The normalized spacial score (nSPS) is 14.4. The number of carbonyl (C=O) groups is 1. The van der Waals surface area contributed by atoms with Gasteiger partial charge in [0.15, 0.2) is 0 Å². The molecule has 0 aliphatic heterocycles. The van der Waals surface area contributed by atoms with E-state index in [1.807, 2.05) is 0 Å². The van der Waals surface area contributed by atoms with Crippen molar-refractivity contribution in [3.05, 3.63) is 28.2 Å². The van der Waals surface area contributed by atoms with Crippen molar-refractivity contribution in [3.8, 4) is 5.75 Å². The minimum Gasteiger partial charge on any atom is -0.506 e. The SMILES string of the molecule is CC(C)(C)OC(=O)NCC(O)C(O)c1cccc(Br)c1O. The molecule has 0 fully saturated rings. The molecule has 0 saturated carbocycles. The zero-order valence-electron chi connectivity index (χ0n) is 12.1. The molecule has 0 aliphatic rings. The molecule has 2 unspecified atom stereocenters. The van der Waals surface area contributed by atoms with Gasteiger partial charge < -0.3 is 25.4 Å². The van der Waals surface area contributed by atoms with E-state index in [4.69, 9.17) is 4.74 Å².